The molecule has 0 fully saturated rings. The molecule has 0 aliphatic heterocycles. The highest BCUT2D eigenvalue weighted by atomic mass is 16.5. The zero-order valence-corrected chi connectivity index (χ0v) is 12.5. The van der Waals surface area contributed by atoms with Gasteiger partial charge in [-0.15, -0.1) is 0 Å². The summed E-state index contributed by atoms with van der Waals surface area (Å²) in [5.74, 6) is 0.665. The number of rotatable bonds is 4. The van der Waals surface area contributed by atoms with Gasteiger partial charge in [-0.2, -0.15) is 0 Å². The quantitative estimate of drug-likeness (QED) is 0.805. The van der Waals surface area contributed by atoms with Gasteiger partial charge in [0, 0.05) is 12.4 Å². The van der Waals surface area contributed by atoms with E-state index < -0.39 is 0 Å². The Balaban J connectivity index is 1.78. The molecule has 112 valence electrons. The molecule has 3 aromatic rings. The zero-order valence-electron chi connectivity index (χ0n) is 12.5. The minimum Gasteiger partial charge on any atom is -0.497 e. The molecule has 1 amide bonds. The van der Waals surface area contributed by atoms with Gasteiger partial charge in [0.2, 0.25) is 5.91 Å². The molecule has 1 N–H and O–H groups in total. The van der Waals surface area contributed by atoms with Gasteiger partial charge < -0.3 is 14.5 Å². The average Bonchev–Trinajstić information content (AvgIpc) is 2.89. The van der Waals surface area contributed by atoms with Crippen LogP contribution in [0.4, 0.5) is 5.69 Å². The lowest BCUT2D eigenvalue weighted by molar-refractivity contribution is -0.115. The third kappa shape index (κ3) is 2.93. The number of imidazole rings is 1. The summed E-state index contributed by atoms with van der Waals surface area (Å²) in [7, 11) is 1.61. The molecular weight excluding hydrogens is 278 g/mol. The number of hydrogen-bond donors (Lipinski definition) is 1. The van der Waals surface area contributed by atoms with Gasteiger partial charge in [-0.1, -0.05) is 12.1 Å². The van der Waals surface area contributed by atoms with Crippen LogP contribution in [0, 0.1) is 6.92 Å². The number of fused-ring (bicyclic) bond motifs is 1. The van der Waals surface area contributed by atoms with Crippen LogP contribution in [0.15, 0.2) is 48.8 Å². The summed E-state index contributed by atoms with van der Waals surface area (Å²) < 4.78 is 7.07. The average molecular weight is 295 g/mol. The molecule has 0 spiro atoms. The first-order chi connectivity index (χ1) is 10.7. The van der Waals surface area contributed by atoms with Crippen molar-refractivity contribution in [3.63, 3.8) is 0 Å². The fourth-order valence-corrected chi connectivity index (χ4v) is 2.40. The predicted octanol–water partition coefficient (Wildman–Crippen LogP) is 2.83. The predicted molar refractivity (Wildman–Crippen MR) is 85.3 cm³/mol. The van der Waals surface area contributed by atoms with E-state index in [0.29, 0.717) is 5.69 Å². The Hall–Kier alpha value is -2.82. The minimum absolute atomic E-state index is 0.0815. The van der Waals surface area contributed by atoms with E-state index in [2.05, 4.69) is 10.3 Å². The molecule has 0 saturated heterocycles. The van der Waals surface area contributed by atoms with Crippen LogP contribution in [0.3, 0.4) is 0 Å². The van der Waals surface area contributed by atoms with Crippen LogP contribution in [-0.4, -0.2) is 22.4 Å². The molecule has 22 heavy (non-hydrogen) atoms. The van der Waals surface area contributed by atoms with Gasteiger partial charge in [0.05, 0.1) is 24.9 Å². The van der Waals surface area contributed by atoms with Crippen molar-refractivity contribution in [1.29, 1.82) is 0 Å². The first-order valence-corrected chi connectivity index (χ1v) is 7.03. The van der Waals surface area contributed by atoms with Crippen LogP contribution in [-0.2, 0) is 11.2 Å². The van der Waals surface area contributed by atoms with E-state index in [1.807, 2.05) is 60.1 Å². The number of anilines is 1. The van der Waals surface area contributed by atoms with E-state index in [9.17, 15) is 4.79 Å². The number of nitrogens with zero attached hydrogens (tertiary/aromatic N) is 2. The van der Waals surface area contributed by atoms with Crippen molar-refractivity contribution >= 4 is 17.2 Å². The third-order valence-electron chi connectivity index (χ3n) is 3.38. The molecule has 0 aliphatic carbocycles. The van der Waals surface area contributed by atoms with Gasteiger partial charge in [0.25, 0.3) is 0 Å². The Bertz CT molecular complexity index is 824. The van der Waals surface area contributed by atoms with Crippen LogP contribution in [0.25, 0.3) is 5.65 Å². The highest BCUT2D eigenvalue weighted by molar-refractivity contribution is 5.95. The highest BCUT2D eigenvalue weighted by Gasteiger charge is 2.09. The second kappa shape index (κ2) is 5.89. The number of amides is 1. The van der Waals surface area contributed by atoms with Gasteiger partial charge in [0.1, 0.15) is 5.75 Å². The molecule has 0 aliphatic rings. The molecule has 1 aromatic carbocycles. The highest BCUT2D eigenvalue weighted by Crippen LogP contribution is 2.17. The number of ether oxygens (including phenoxy) is 1. The van der Waals surface area contributed by atoms with E-state index in [4.69, 9.17) is 4.74 Å². The Morgan fingerprint density at radius 3 is 3.00 bits per heavy atom. The second-order valence-electron chi connectivity index (χ2n) is 5.11. The van der Waals surface area contributed by atoms with Gasteiger partial charge >= 0.3 is 0 Å². The molecule has 0 saturated carbocycles. The topological polar surface area (TPSA) is 55.6 Å². The summed E-state index contributed by atoms with van der Waals surface area (Å²) in [6.45, 7) is 1.93. The van der Waals surface area contributed by atoms with E-state index in [1.54, 1.807) is 7.11 Å². The van der Waals surface area contributed by atoms with E-state index in [0.717, 1.165) is 22.7 Å². The van der Waals surface area contributed by atoms with Crippen molar-refractivity contribution in [2.75, 3.05) is 12.4 Å². The maximum Gasteiger partial charge on any atom is 0.228 e. The number of methoxy groups -OCH3 is 1. The van der Waals surface area contributed by atoms with Crippen molar-refractivity contribution in [2.45, 2.75) is 13.3 Å². The number of carbonyl (C=O) groups is 1. The van der Waals surface area contributed by atoms with Crippen LogP contribution in [0.1, 0.15) is 11.3 Å². The molecule has 0 atom stereocenters. The number of nitrogens with one attached hydrogen (secondary N) is 1. The second-order valence-corrected chi connectivity index (χ2v) is 5.11. The molecule has 5 heteroatoms. The molecule has 3 rings (SSSR count). The third-order valence-corrected chi connectivity index (χ3v) is 3.38. The maximum atomic E-state index is 12.2. The van der Waals surface area contributed by atoms with Gasteiger partial charge in [0.15, 0.2) is 5.65 Å². The molecule has 0 bridgehead atoms. The summed E-state index contributed by atoms with van der Waals surface area (Å²) in [5.41, 5.74) is 3.28. The molecule has 2 heterocycles. The SMILES string of the molecule is COc1cccc(CC(=O)Nc2cccn3cc(C)nc23)c1. The summed E-state index contributed by atoms with van der Waals surface area (Å²) in [5, 5.41) is 2.92. The molecule has 0 radical (unpaired) electrons. The fraction of sp³-hybridized carbons (Fsp3) is 0.176. The van der Waals surface area contributed by atoms with Crippen LogP contribution >= 0.6 is 0 Å². The summed E-state index contributed by atoms with van der Waals surface area (Å²) >= 11 is 0. The van der Waals surface area contributed by atoms with Gasteiger partial charge in [-0.25, -0.2) is 4.98 Å². The number of aromatic nitrogens is 2. The Labute approximate surface area is 128 Å². The zero-order chi connectivity index (χ0) is 15.5. The van der Waals surface area contributed by atoms with Crippen molar-refractivity contribution in [1.82, 2.24) is 9.38 Å². The largest absolute Gasteiger partial charge is 0.497 e. The molecule has 2 aromatic heterocycles. The van der Waals surface area contributed by atoms with E-state index in [-0.39, 0.29) is 12.3 Å². The monoisotopic (exact) mass is 295 g/mol. The van der Waals surface area contributed by atoms with Gasteiger partial charge in [-0.05, 0) is 36.8 Å². The first-order valence-electron chi connectivity index (χ1n) is 7.03. The lowest BCUT2D eigenvalue weighted by atomic mass is 10.1. The fourth-order valence-electron chi connectivity index (χ4n) is 2.40. The van der Waals surface area contributed by atoms with Crippen molar-refractivity contribution in [3.8, 4) is 5.75 Å². The van der Waals surface area contributed by atoms with Crippen molar-refractivity contribution < 1.29 is 9.53 Å². The Kier molecular flexibility index (Phi) is 3.78. The first kappa shape index (κ1) is 14.1. The number of aryl methyl sites for hydroxylation is 1. The summed E-state index contributed by atoms with van der Waals surface area (Å²) in [6.07, 6.45) is 4.12. The van der Waals surface area contributed by atoms with Crippen molar-refractivity contribution in [2.24, 2.45) is 0 Å². The Morgan fingerprint density at radius 2 is 2.18 bits per heavy atom. The number of hydrogen-bond acceptors (Lipinski definition) is 3. The summed E-state index contributed by atoms with van der Waals surface area (Å²) in [6, 6.07) is 11.2. The molecular formula is C17H17N3O2. The minimum atomic E-state index is -0.0815. The molecule has 5 nitrogen and oxygen atoms in total. The van der Waals surface area contributed by atoms with Crippen LogP contribution < -0.4 is 10.1 Å². The Morgan fingerprint density at radius 1 is 1.32 bits per heavy atom. The van der Waals surface area contributed by atoms with Crippen LogP contribution in [0.5, 0.6) is 5.75 Å². The number of pyridine rings is 1. The normalized spacial score (nSPS) is 10.6. The number of benzene rings is 1. The lowest BCUT2D eigenvalue weighted by Crippen LogP contribution is -2.15. The maximum absolute atomic E-state index is 12.2. The standard InChI is InChI=1S/C17H17N3O2/c1-12-11-20-8-4-7-15(17(20)18-12)19-16(21)10-13-5-3-6-14(9-13)22-2/h3-9,11H,10H2,1-2H3,(H,19,21). The summed E-state index contributed by atoms with van der Waals surface area (Å²) in [4.78, 5) is 16.7. The van der Waals surface area contributed by atoms with Gasteiger partial charge in [-0.3, -0.25) is 4.79 Å². The van der Waals surface area contributed by atoms with Crippen LogP contribution in [0.2, 0.25) is 0 Å². The van der Waals surface area contributed by atoms with E-state index in [1.165, 1.54) is 0 Å². The number of carbonyl (C=O) groups excluding carboxylic acids is 1. The van der Waals surface area contributed by atoms with Crippen molar-refractivity contribution in [3.05, 3.63) is 60.0 Å². The smallest absolute Gasteiger partial charge is 0.228 e. The molecule has 0 unspecified atom stereocenters. The van der Waals surface area contributed by atoms with E-state index >= 15 is 0 Å². The lowest BCUT2D eigenvalue weighted by Gasteiger charge is -2.07.